The summed E-state index contributed by atoms with van der Waals surface area (Å²) in [5, 5.41) is 3.39. The van der Waals surface area contributed by atoms with E-state index in [0.717, 1.165) is 28.4 Å². The third kappa shape index (κ3) is 2.44. The summed E-state index contributed by atoms with van der Waals surface area (Å²) in [6.45, 7) is 6.31. The molecule has 3 rings (SSSR count). The number of benzene rings is 2. The van der Waals surface area contributed by atoms with Crippen LogP contribution in [0.4, 0.5) is 11.6 Å². The van der Waals surface area contributed by atoms with Gasteiger partial charge in [-0.15, -0.1) is 0 Å². The van der Waals surface area contributed by atoms with E-state index in [9.17, 15) is 0 Å². The van der Waals surface area contributed by atoms with Crippen LogP contribution in [0.15, 0.2) is 30.3 Å². The van der Waals surface area contributed by atoms with E-state index in [2.05, 4.69) is 48.2 Å². The zero-order valence-electron chi connectivity index (χ0n) is 12.7. The number of H-pyrrole nitrogens is 1. The van der Waals surface area contributed by atoms with Crippen molar-refractivity contribution in [1.29, 1.82) is 0 Å². The van der Waals surface area contributed by atoms with Crippen molar-refractivity contribution < 1.29 is 4.74 Å². The van der Waals surface area contributed by atoms with Crippen LogP contribution in [-0.4, -0.2) is 17.1 Å². The third-order valence-corrected chi connectivity index (χ3v) is 3.62. The van der Waals surface area contributed by atoms with Gasteiger partial charge in [0.1, 0.15) is 11.3 Å². The lowest BCUT2D eigenvalue weighted by Crippen LogP contribution is -1.98. The van der Waals surface area contributed by atoms with Crippen LogP contribution in [0.25, 0.3) is 11.0 Å². The number of para-hydroxylation sites is 1. The van der Waals surface area contributed by atoms with Crippen molar-refractivity contribution in [3.05, 3.63) is 47.0 Å². The lowest BCUT2D eigenvalue weighted by Gasteiger charge is -2.11. The molecule has 3 aromatic rings. The summed E-state index contributed by atoms with van der Waals surface area (Å²) >= 11 is 0. The predicted molar refractivity (Wildman–Crippen MR) is 86.6 cm³/mol. The predicted octanol–water partition coefficient (Wildman–Crippen LogP) is 4.24. The lowest BCUT2D eigenvalue weighted by atomic mass is 10.1. The van der Waals surface area contributed by atoms with Gasteiger partial charge in [-0.2, -0.15) is 0 Å². The minimum atomic E-state index is 0.726. The van der Waals surface area contributed by atoms with Crippen LogP contribution in [-0.2, 0) is 0 Å². The second-order valence-corrected chi connectivity index (χ2v) is 5.34. The van der Waals surface area contributed by atoms with E-state index in [4.69, 9.17) is 4.74 Å². The van der Waals surface area contributed by atoms with Gasteiger partial charge in [0.25, 0.3) is 0 Å². The number of nitrogens with zero attached hydrogens (tertiary/aromatic N) is 1. The molecule has 0 aliphatic rings. The van der Waals surface area contributed by atoms with E-state index in [0.29, 0.717) is 0 Å². The van der Waals surface area contributed by atoms with Crippen LogP contribution in [0.2, 0.25) is 0 Å². The van der Waals surface area contributed by atoms with Gasteiger partial charge < -0.3 is 15.0 Å². The number of aryl methyl sites for hydroxylation is 3. The SMILES string of the molecule is COc1cccc2[nH]c(Nc3c(C)cc(C)cc3C)nc12. The minimum Gasteiger partial charge on any atom is -0.494 e. The first-order valence-electron chi connectivity index (χ1n) is 6.96. The number of anilines is 2. The van der Waals surface area contributed by atoms with E-state index >= 15 is 0 Å². The number of aromatic amines is 1. The Bertz CT molecular complexity index is 782. The van der Waals surface area contributed by atoms with Crippen LogP contribution >= 0.6 is 0 Å². The van der Waals surface area contributed by atoms with Crippen molar-refractivity contribution in [3.8, 4) is 5.75 Å². The van der Waals surface area contributed by atoms with Gasteiger partial charge in [-0.1, -0.05) is 23.8 Å². The van der Waals surface area contributed by atoms with Crippen molar-refractivity contribution >= 4 is 22.7 Å². The number of ether oxygens (including phenoxy) is 1. The lowest BCUT2D eigenvalue weighted by molar-refractivity contribution is 0.419. The van der Waals surface area contributed by atoms with Crippen molar-refractivity contribution in [2.24, 2.45) is 0 Å². The van der Waals surface area contributed by atoms with Gasteiger partial charge in [0.15, 0.2) is 0 Å². The van der Waals surface area contributed by atoms with E-state index in [-0.39, 0.29) is 0 Å². The normalized spacial score (nSPS) is 10.9. The molecule has 4 heteroatoms. The zero-order valence-corrected chi connectivity index (χ0v) is 12.7. The van der Waals surface area contributed by atoms with Gasteiger partial charge in [-0.25, -0.2) is 4.98 Å². The highest BCUT2D eigenvalue weighted by atomic mass is 16.5. The Morgan fingerprint density at radius 2 is 1.81 bits per heavy atom. The molecule has 0 aliphatic heterocycles. The fourth-order valence-corrected chi connectivity index (χ4v) is 2.73. The first-order valence-corrected chi connectivity index (χ1v) is 6.96. The molecule has 0 bridgehead atoms. The van der Waals surface area contributed by atoms with Gasteiger partial charge in [0.05, 0.1) is 12.6 Å². The number of imidazole rings is 1. The average Bonchev–Trinajstić information content (AvgIpc) is 2.85. The fourth-order valence-electron chi connectivity index (χ4n) is 2.73. The van der Waals surface area contributed by atoms with E-state index in [1.807, 2.05) is 18.2 Å². The van der Waals surface area contributed by atoms with Gasteiger partial charge >= 0.3 is 0 Å². The molecule has 0 unspecified atom stereocenters. The molecule has 2 aromatic carbocycles. The highest BCUT2D eigenvalue weighted by Crippen LogP contribution is 2.28. The first kappa shape index (κ1) is 13.5. The van der Waals surface area contributed by atoms with Gasteiger partial charge in [-0.3, -0.25) is 0 Å². The van der Waals surface area contributed by atoms with Gasteiger partial charge in [-0.05, 0) is 44.0 Å². The maximum atomic E-state index is 5.34. The van der Waals surface area contributed by atoms with Gasteiger partial charge in [0.2, 0.25) is 5.95 Å². The van der Waals surface area contributed by atoms with Crippen molar-refractivity contribution in [2.75, 3.05) is 12.4 Å². The summed E-state index contributed by atoms with van der Waals surface area (Å²) in [6.07, 6.45) is 0. The molecule has 108 valence electrons. The molecule has 4 nitrogen and oxygen atoms in total. The molecule has 2 N–H and O–H groups in total. The largest absolute Gasteiger partial charge is 0.494 e. The topological polar surface area (TPSA) is 49.9 Å². The Hall–Kier alpha value is -2.49. The zero-order chi connectivity index (χ0) is 15.0. The second kappa shape index (κ2) is 5.13. The maximum absolute atomic E-state index is 5.34. The summed E-state index contributed by atoms with van der Waals surface area (Å²) in [7, 11) is 1.66. The molecule has 21 heavy (non-hydrogen) atoms. The number of aromatic nitrogens is 2. The van der Waals surface area contributed by atoms with Gasteiger partial charge in [0, 0.05) is 5.69 Å². The number of rotatable bonds is 3. The monoisotopic (exact) mass is 281 g/mol. The van der Waals surface area contributed by atoms with Crippen molar-refractivity contribution in [3.63, 3.8) is 0 Å². The molecule has 1 aromatic heterocycles. The van der Waals surface area contributed by atoms with Crippen LogP contribution in [0.1, 0.15) is 16.7 Å². The maximum Gasteiger partial charge on any atom is 0.205 e. The highest BCUT2D eigenvalue weighted by molar-refractivity contribution is 5.84. The highest BCUT2D eigenvalue weighted by Gasteiger charge is 2.10. The minimum absolute atomic E-state index is 0.726. The molecular weight excluding hydrogens is 262 g/mol. The van der Waals surface area contributed by atoms with Crippen LogP contribution in [0, 0.1) is 20.8 Å². The molecule has 0 spiro atoms. The Labute approximate surface area is 124 Å². The first-order chi connectivity index (χ1) is 10.1. The summed E-state index contributed by atoms with van der Waals surface area (Å²) in [6, 6.07) is 10.2. The Morgan fingerprint density at radius 1 is 1.10 bits per heavy atom. The van der Waals surface area contributed by atoms with Crippen molar-refractivity contribution in [2.45, 2.75) is 20.8 Å². The Balaban J connectivity index is 2.03. The Morgan fingerprint density at radius 3 is 2.48 bits per heavy atom. The second-order valence-electron chi connectivity index (χ2n) is 5.34. The van der Waals surface area contributed by atoms with Crippen molar-refractivity contribution in [1.82, 2.24) is 9.97 Å². The molecule has 0 atom stereocenters. The number of nitrogens with one attached hydrogen (secondary N) is 2. The molecule has 0 amide bonds. The average molecular weight is 281 g/mol. The quantitative estimate of drug-likeness (QED) is 0.755. The summed E-state index contributed by atoms with van der Waals surface area (Å²) < 4.78 is 5.34. The smallest absolute Gasteiger partial charge is 0.205 e. The molecule has 0 radical (unpaired) electrons. The molecule has 0 aliphatic carbocycles. The Kier molecular flexibility index (Phi) is 3.29. The number of hydrogen-bond acceptors (Lipinski definition) is 3. The molecular formula is C17H19N3O. The molecule has 0 saturated heterocycles. The number of fused-ring (bicyclic) bond motifs is 1. The fraction of sp³-hybridized carbons (Fsp3) is 0.235. The van der Waals surface area contributed by atoms with E-state index < -0.39 is 0 Å². The third-order valence-electron chi connectivity index (χ3n) is 3.62. The van der Waals surface area contributed by atoms with Crippen LogP contribution in [0.3, 0.4) is 0 Å². The number of methoxy groups -OCH3 is 1. The summed E-state index contributed by atoms with van der Waals surface area (Å²) in [5.74, 6) is 1.50. The summed E-state index contributed by atoms with van der Waals surface area (Å²) in [5.41, 5.74) is 6.57. The summed E-state index contributed by atoms with van der Waals surface area (Å²) in [4.78, 5) is 7.88. The van der Waals surface area contributed by atoms with Crippen LogP contribution < -0.4 is 10.1 Å². The van der Waals surface area contributed by atoms with Crippen LogP contribution in [0.5, 0.6) is 5.75 Å². The molecule has 0 saturated carbocycles. The molecule has 0 fully saturated rings. The van der Waals surface area contributed by atoms with E-state index in [1.54, 1.807) is 7.11 Å². The molecule has 1 heterocycles. The standard InChI is InChI=1S/C17H19N3O/c1-10-8-11(2)15(12(3)9-10)19-17-18-13-6-5-7-14(21-4)16(13)20-17/h5-9H,1-4H3,(H2,18,19,20). The number of hydrogen-bond donors (Lipinski definition) is 2. The van der Waals surface area contributed by atoms with E-state index in [1.165, 1.54) is 16.7 Å².